The van der Waals surface area contributed by atoms with Gasteiger partial charge in [0.05, 0.1) is 12.7 Å². The van der Waals surface area contributed by atoms with E-state index >= 15 is 0 Å². The average Bonchev–Trinajstić information content (AvgIpc) is 2.46. The number of benzene rings is 1. The maximum Gasteiger partial charge on any atom is 0.221 e. The third-order valence-corrected chi connectivity index (χ3v) is 3.30. The first-order chi connectivity index (χ1) is 10.1. The third kappa shape index (κ3) is 6.60. The predicted molar refractivity (Wildman–Crippen MR) is 85.9 cm³/mol. The molecule has 0 radical (unpaired) electrons. The highest BCUT2D eigenvalue weighted by molar-refractivity contribution is 5.89. The molecule has 0 fully saturated rings. The second-order valence-electron chi connectivity index (χ2n) is 5.05. The Morgan fingerprint density at radius 3 is 2.71 bits per heavy atom. The number of anilines is 2. The van der Waals surface area contributed by atoms with E-state index < -0.39 is 0 Å². The number of carbonyl (C=O) groups excluding carboxylic acids is 1. The van der Waals surface area contributed by atoms with Crippen molar-refractivity contribution in [2.24, 2.45) is 0 Å². The number of nitrogens with zero attached hydrogens (tertiary/aromatic N) is 1. The Labute approximate surface area is 127 Å². The van der Waals surface area contributed by atoms with Gasteiger partial charge in [-0.05, 0) is 31.5 Å². The van der Waals surface area contributed by atoms with E-state index in [1.165, 1.54) is 6.92 Å². The molecule has 118 valence electrons. The van der Waals surface area contributed by atoms with Gasteiger partial charge in [-0.1, -0.05) is 6.07 Å². The zero-order valence-electron chi connectivity index (χ0n) is 13.4. The van der Waals surface area contributed by atoms with Gasteiger partial charge in [-0.2, -0.15) is 0 Å². The maximum absolute atomic E-state index is 11.2. The average molecular weight is 294 g/mol. The molecule has 0 aromatic heterocycles. The van der Waals surface area contributed by atoms with Crippen LogP contribution in [0.3, 0.4) is 0 Å². The molecule has 5 heteroatoms. The molecule has 1 atom stereocenters. The standard InChI is InChI=1S/C16H26N2O3/c1-13(21-4)8-9-18(10-11-20-3)16-7-5-6-15(12-16)17-14(2)19/h5-7,12-13H,8-11H2,1-4H3,(H,17,19). The van der Waals surface area contributed by atoms with E-state index in [-0.39, 0.29) is 12.0 Å². The van der Waals surface area contributed by atoms with Crippen molar-refractivity contribution in [2.75, 3.05) is 44.1 Å². The lowest BCUT2D eigenvalue weighted by molar-refractivity contribution is -0.114. The van der Waals surface area contributed by atoms with Gasteiger partial charge in [0.2, 0.25) is 5.91 Å². The van der Waals surface area contributed by atoms with Crippen LogP contribution in [-0.4, -0.2) is 45.9 Å². The Hall–Kier alpha value is -1.59. The summed E-state index contributed by atoms with van der Waals surface area (Å²) in [7, 11) is 3.42. The molecule has 0 aliphatic rings. The number of nitrogens with one attached hydrogen (secondary N) is 1. The van der Waals surface area contributed by atoms with Crippen molar-refractivity contribution in [2.45, 2.75) is 26.4 Å². The van der Waals surface area contributed by atoms with Crippen LogP contribution in [0.5, 0.6) is 0 Å². The molecule has 0 spiro atoms. The molecular weight excluding hydrogens is 268 g/mol. The minimum atomic E-state index is -0.0661. The first-order valence-corrected chi connectivity index (χ1v) is 7.21. The van der Waals surface area contributed by atoms with Crippen LogP contribution in [0.2, 0.25) is 0 Å². The van der Waals surface area contributed by atoms with Gasteiger partial charge in [0.25, 0.3) is 0 Å². The predicted octanol–water partition coefficient (Wildman–Crippen LogP) is 2.52. The van der Waals surface area contributed by atoms with Gasteiger partial charge in [0.1, 0.15) is 0 Å². The summed E-state index contributed by atoms with van der Waals surface area (Å²) < 4.78 is 10.5. The zero-order valence-corrected chi connectivity index (χ0v) is 13.4. The van der Waals surface area contributed by atoms with E-state index in [0.717, 1.165) is 30.9 Å². The molecule has 0 aliphatic carbocycles. The van der Waals surface area contributed by atoms with Crippen molar-refractivity contribution in [3.8, 4) is 0 Å². The second kappa shape index (κ2) is 9.37. The molecule has 0 bridgehead atoms. The molecule has 0 saturated heterocycles. The fraction of sp³-hybridized carbons (Fsp3) is 0.562. The fourth-order valence-corrected chi connectivity index (χ4v) is 2.01. The van der Waals surface area contributed by atoms with Gasteiger partial charge in [-0.25, -0.2) is 0 Å². The molecule has 1 amide bonds. The lowest BCUT2D eigenvalue weighted by Gasteiger charge is -2.26. The van der Waals surface area contributed by atoms with Crippen LogP contribution in [0.4, 0.5) is 11.4 Å². The normalized spacial score (nSPS) is 12.0. The summed E-state index contributed by atoms with van der Waals surface area (Å²) >= 11 is 0. The second-order valence-corrected chi connectivity index (χ2v) is 5.05. The first-order valence-electron chi connectivity index (χ1n) is 7.21. The Morgan fingerprint density at radius 2 is 2.10 bits per heavy atom. The van der Waals surface area contributed by atoms with E-state index in [4.69, 9.17) is 9.47 Å². The number of carbonyl (C=O) groups is 1. The SMILES string of the molecule is COCCN(CCC(C)OC)c1cccc(NC(C)=O)c1. The first kappa shape index (κ1) is 17.5. The van der Waals surface area contributed by atoms with Crippen molar-refractivity contribution < 1.29 is 14.3 Å². The lowest BCUT2D eigenvalue weighted by atomic mass is 10.2. The van der Waals surface area contributed by atoms with Crippen LogP contribution in [0.1, 0.15) is 20.3 Å². The minimum absolute atomic E-state index is 0.0661. The largest absolute Gasteiger partial charge is 0.383 e. The zero-order chi connectivity index (χ0) is 15.7. The number of hydrogen-bond acceptors (Lipinski definition) is 4. The highest BCUT2D eigenvalue weighted by atomic mass is 16.5. The van der Waals surface area contributed by atoms with Crippen molar-refractivity contribution in [3.63, 3.8) is 0 Å². The molecule has 5 nitrogen and oxygen atoms in total. The van der Waals surface area contributed by atoms with Crippen molar-refractivity contribution in [1.82, 2.24) is 0 Å². The molecule has 0 saturated carbocycles. The molecule has 1 unspecified atom stereocenters. The lowest BCUT2D eigenvalue weighted by Crippen LogP contribution is -2.30. The van der Waals surface area contributed by atoms with Crippen LogP contribution in [0.15, 0.2) is 24.3 Å². The summed E-state index contributed by atoms with van der Waals surface area (Å²) in [4.78, 5) is 13.4. The smallest absolute Gasteiger partial charge is 0.221 e. The molecule has 1 aromatic rings. The number of rotatable bonds is 9. The molecule has 0 heterocycles. The van der Waals surface area contributed by atoms with E-state index in [1.54, 1.807) is 14.2 Å². The summed E-state index contributed by atoms with van der Waals surface area (Å²) in [6.07, 6.45) is 1.15. The molecule has 21 heavy (non-hydrogen) atoms. The minimum Gasteiger partial charge on any atom is -0.383 e. The fourth-order valence-electron chi connectivity index (χ4n) is 2.01. The van der Waals surface area contributed by atoms with Gasteiger partial charge in [0, 0.05) is 45.6 Å². The van der Waals surface area contributed by atoms with E-state index in [9.17, 15) is 4.79 Å². The van der Waals surface area contributed by atoms with E-state index in [0.29, 0.717) is 6.61 Å². The molecule has 0 aliphatic heterocycles. The highest BCUT2D eigenvalue weighted by Crippen LogP contribution is 2.20. The van der Waals surface area contributed by atoms with Crippen LogP contribution in [-0.2, 0) is 14.3 Å². The molecule has 1 rings (SSSR count). The Bertz CT molecular complexity index is 437. The van der Waals surface area contributed by atoms with Gasteiger partial charge in [-0.15, -0.1) is 0 Å². The van der Waals surface area contributed by atoms with Gasteiger partial charge in [-0.3, -0.25) is 4.79 Å². The summed E-state index contributed by atoms with van der Waals surface area (Å²) in [6, 6.07) is 7.85. The summed E-state index contributed by atoms with van der Waals surface area (Å²) in [5.74, 6) is -0.0661. The van der Waals surface area contributed by atoms with Gasteiger partial charge >= 0.3 is 0 Å². The molecule has 1 aromatic carbocycles. The van der Waals surface area contributed by atoms with Crippen LogP contribution in [0.25, 0.3) is 0 Å². The van der Waals surface area contributed by atoms with Crippen molar-refractivity contribution in [1.29, 1.82) is 0 Å². The topological polar surface area (TPSA) is 50.8 Å². The van der Waals surface area contributed by atoms with Gasteiger partial charge < -0.3 is 19.7 Å². The van der Waals surface area contributed by atoms with Crippen LogP contribution in [0, 0.1) is 0 Å². The Kier molecular flexibility index (Phi) is 7.79. The quantitative estimate of drug-likeness (QED) is 0.760. The number of amides is 1. The molecule has 1 N–H and O–H groups in total. The van der Waals surface area contributed by atoms with Crippen LogP contribution >= 0.6 is 0 Å². The highest BCUT2D eigenvalue weighted by Gasteiger charge is 2.09. The van der Waals surface area contributed by atoms with E-state index in [1.807, 2.05) is 24.3 Å². The Balaban J connectivity index is 2.78. The number of hydrogen-bond donors (Lipinski definition) is 1. The maximum atomic E-state index is 11.2. The number of methoxy groups -OCH3 is 2. The van der Waals surface area contributed by atoms with Crippen molar-refractivity contribution in [3.05, 3.63) is 24.3 Å². The monoisotopic (exact) mass is 294 g/mol. The third-order valence-electron chi connectivity index (χ3n) is 3.30. The van der Waals surface area contributed by atoms with E-state index in [2.05, 4.69) is 17.1 Å². The Morgan fingerprint density at radius 1 is 1.33 bits per heavy atom. The summed E-state index contributed by atoms with van der Waals surface area (Å²) in [5.41, 5.74) is 1.88. The van der Waals surface area contributed by atoms with Crippen LogP contribution < -0.4 is 10.2 Å². The summed E-state index contributed by atoms with van der Waals surface area (Å²) in [5, 5.41) is 2.81. The van der Waals surface area contributed by atoms with Gasteiger partial charge in [0.15, 0.2) is 0 Å². The summed E-state index contributed by atoms with van der Waals surface area (Å²) in [6.45, 7) is 5.90. The molecular formula is C16H26N2O3. The number of ether oxygens (including phenoxy) is 2. The van der Waals surface area contributed by atoms with Crippen molar-refractivity contribution >= 4 is 17.3 Å².